The standard InChI is InChI=1S/C25H22Cl2N2O3/c26-20-8-5-9-21(27)19(20)15-32-24-11-4-1-6-16(24)13-29-23(25(30)31)12-17-14-28-22-10-3-2-7-18(17)22/h1-11,14,23,28-29H,12-13,15H2,(H,30,31)/t23-/m1/s1. The van der Waals surface area contributed by atoms with Crippen LogP contribution in [0.3, 0.4) is 0 Å². The highest BCUT2D eigenvalue weighted by atomic mass is 35.5. The Labute approximate surface area is 195 Å². The lowest BCUT2D eigenvalue weighted by Crippen LogP contribution is -2.38. The van der Waals surface area contributed by atoms with Gasteiger partial charge in [0.1, 0.15) is 18.4 Å². The summed E-state index contributed by atoms with van der Waals surface area (Å²) < 4.78 is 5.98. The summed E-state index contributed by atoms with van der Waals surface area (Å²) in [7, 11) is 0. The van der Waals surface area contributed by atoms with Crippen LogP contribution in [-0.4, -0.2) is 22.1 Å². The average Bonchev–Trinajstić information content (AvgIpc) is 3.19. The highest BCUT2D eigenvalue weighted by molar-refractivity contribution is 6.35. The molecule has 4 aromatic rings. The van der Waals surface area contributed by atoms with Crippen LogP contribution in [0.4, 0.5) is 0 Å². The number of ether oxygens (including phenoxy) is 1. The summed E-state index contributed by atoms with van der Waals surface area (Å²) in [5.74, 6) is -0.260. The summed E-state index contributed by atoms with van der Waals surface area (Å²) in [6.45, 7) is 0.555. The third-order valence-electron chi connectivity index (χ3n) is 5.34. The van der Waals surface area contributed by atoms with Crippen molar-refractivity contribution in [2.45, 2.75) is 25.6 Å². The van der Waals surface area contributed by atoms with Crippen LogP contribution in [-0.2, 0) is 24.4 Å². The molecule has 3 N–H and O–H groups in total. The molecule has 0 saturated heterocycles. The Balaban J connectivity index is 1.45. The molecule has 0 radical (unpaired) electrons. The first kappa shape index (κ1) is 22.2. The molecule has 3 aromatic carbocycles. The first-order valence-electron chi connectivity index (χ1n) is 10.2. The first-order valence-corrected chi connectivity index (χ1v) is 10.9. The van der Waals surface area contributed by atoms with Gasteiger partial charge >= 0.3 is 5.97 Å². The Morgan fingerprint density at radius 1 is 0.969 bits per heavy atom. The maximum atomic E-state index is 11.9. The van der Waals surface area contributed by atoms with Crippen LogP contribution in [0.25, 0.3) is 10.9 Å². The monoisotopic (exact) mass is 468 g/mol. The van der Waals surface area contributed by atoms with Crippen LogP contribution in [0.1, 0.15) is 16.7 Å². The minimum Gasteiger partial charge on any atom is -0.488 e. The second-order valence-corrected chi connectivity index (χ2v) is 8.25. The van der Waals surface area contributed by atoms with Crippen LogP contribution in [0, 0.1) is 0 Å². The summed E-state index contributed by atoms with van der Waals surface area (Å²) in [6.07, 6.45) is 2.23. The van der Waals surface area contributed by atoms with Crippen LogP contribution in [0.15, 0.2) is 72.9 Å². The summed E-state index contributed by atoms with van der Waals surface area (Å²) in [5, 5.41) is 15.0. The van der Waals surface area contributed by atoms with E-state index in [9.17, 15) is 9.90 Å². The van der Waals surface area contributed by atoms with Crippen LogP contribution in [0.5, 0.6) is 5.75 Å². The maximum Gasteiger partial charge on any atom is 0.321 e. The molecule has 0 bridgehead atoms. The fourth-order valence-corrected chi connectivity index (χ4v) is 4.12. The smallest absolute Gasteiger partial charge is 0.321 e. The number of halogens is 2. The van der Waals surface area contributed by atoms with E-state index in [4.69, 9.17) is 27.9 Å². The number of fused-ring (bicyclic) bond motifs is 1. The second-order valence-electron chi connectivity index (χ2n) is 7.43. The number of H-pyrrole nitrogens is 1. The van der Waals surface area contributed by atoms with Crippen molar-refractivity contribution in [3.05, 3.63) is 99.7 Å². The van der Waals surface area contributed by atoms with E-state index in [0.29, 0.717) is 34.3 Å². The third-order valence-corrected chi connectivity index (χ3v) is 6.05. The van der Waals surface area contributed by atoms with Gasteiger partial charge in [-0.2, -0.15) is 0 Å². The van der Waals surface area contributed by atoms with E-state index < -0.39 is 12.0 Å². The van der Waals surface area contributed by atoms with Crippen LogP contribution >= 0.6 is 23.2 Å². The molecule has 0 fully saturated rings. The third kappa shape index (κ3) is 5.07. The minimum absolute atomic E-state index is 0.215. The van der Waals surface area contributed by atoms with Gasteiger partial charge in [-0.15, -0.1) is 0 Å². The van der Waals surface area contributed by atoms with Crippen molar-refractivity contribution in [1.82, 2.24) is 10.3 Å². The van der Waals surface area contributed by atoms with Gasteiger partial charge in [-0.25, -0.2) is 0 Å². The van der Waals surface area contributed by atoms with Crippen molar-refractivity contribution in [1.29, 1.82) is 0 Å². The summed E-state index contributed by atoms with van der Waals surface area (Å²) in [4.78, 5) is 15.1. The van der Waals surface area contributed by atoms with Gasteiger partial charge in [0.2, 0.25) is 0 Å². The van der Waals surface area contributed by atoms with E-state index in [1.165, 1.54) is 0 Å². The summed E-state index contributed by atoms with van der Waals surface area (Å²) in [5.41, 5.74) is 3.50. The molecule has 5 nitrogen and oxygen atoms in total. The molecular weight excluding hydrogens is 447 g/mol. The molecule has 164 valence electrons. The molecule has 0 spiro atoms. The Bertz CT molecular complexity index is 1220. The van der Waals surface area contributed by atoms with Crippen molar-refractivity contribution < 1.29 is 14.6 Å². The topological polar surface area (TPSA) is 74.3 Å². The molecule has 0 amide bonds. The molecule has 1 aromatic heterocycles. The lowest BCUT2D eigenvalue weighted by Gasteiger charge is -2.17. The van der Waals surface area contributed by atoms with Gasteiger partial charge in [-0.1, -0.05) is 65.7 Å². The summed E-state index contributed by atoms with van der Waals surface area (Å²) >= 11 is 12.5. The van der Waals surface area contributed by atoms with Gasteiger partial charge in [0.25, 0.3) is 0 Å². The molecule has 0 aliphatic rings. The molecule has 1 heterocycles. The van der Waals surface area contributed by atoms with Crippen LogP contribution in [0.2, 0.25) is 10.0 Å². The average molecular weight is 469 g/mol. The number of carboxylic acids is 1. The minimum atomic E-state index is -0.906. The van der Waals surface area contributed by atoms with Crippen LogP contribution < -0.4 is 10.1 Å². The molecule has 0 saturated carbocycles. The SMILES string of the molecule is O=C(O)[C@@H](Cc1c[nH]c2ccccc12)NCc1ccccc1OCc1c(Cl)cccc1Cl. The number of para-hydroxylation sites is 2. The Kier molecular flexibility index (Phi) is 7.00. The lowest BCUT2D eigenvalue weighted by molar-refractivity contribution is -0.139. The zero-order chi connectivity index (χ0) is 22.5. The number of hydrogen-bond acceptors (Lipinski definition) is 3. The zero-order valence-corrected chi connectivity index (χ0v) is 18.7. The van der Waals surface area contributed by atoms with Crippen molar-refractivity contribution in [2.24, 2.45) is 0 Å². The predicted octanol–water partition coefficient (Wildman–Crippen LogP) is 5.84. The normalized spacial score (nSPS) is 12.1. The summed E-state index contributed by atoms with van der Waals surface area (Å²) in [6, 6.07) is 19.9. The van der Waals surface area contributed by atoms with E-state index in [-0.39, 0.29) is 6.61 Å². The van der Waals surface area contributed by atoms with Gasteiger partial charge in [-0.05, 0) is 29.8 Å². The zero-order valence-electron chi connectivity index (χ0n) is 17.1. The Hall–Kier alpha value is -2.99. The first-order chi connectivity index (χ1) is 15.5. The maximum absolute atomic E-state index is 11.9. The van der Waals surface area contributed by atoms with E-state index in [1.807, 2.05) is 54.7 Å². The number of carboxylic acid groups (broad SMARTS) is 1. The number of nitrogens with one attached hydrogen (secondary N) is 2. The van der Waals surface area contributed by atoms with E-state index >= 15 is 0 Å². The lowest BCUT2D eigenvalue weighted by atomic mass is 10.0. The number of hydrogen-bond donors (Lipinski definition) is 3. The van der Waals surface area contributed by atoms with Crippen molar-refractivity contribution >= 4 is 40.1 Å². The van der Waals surface area contributed by atoms with Gasteiger partial charge in [0.05, 0.1) is 0 Å². The molecule has 0 aliphatic heterocycles. The second kappa shape index (κ2) is 10.1. The molecule has 1 atom stereocenters. The highest BCUT2D eigenvalue weighted by Crippen LogP contribution is 2.27. The van der Waals surface area contributed by atoms with Gasteiger partial charge < -0.3 is 14.8 Å². The van der Waals surface area contributed by atoms with E-state index in [0.717, 1.165) is 22.0 Å². The number of aliphatic carboxylic acids is 1. The number of carbonyl (C=O) groups is 1. The predicted molar refractivity (Wildman–Crippen MR) is 128 cm³/mol. The molecule has 32 heavy (non-hydrogen) atoms. The molecule has 4 rings (SSSR count). The fourth-order valence-electron chi connectivity index (χ4n) is 3.61. The Morgan fingerprint density at radius 3 is 2.47 bits per heavy atom. The molecule has 0 unspecified atom stereocenters. The number of benzene rings is 3. The van der Waals surface area contributed by atoms with Crippen molar-refractivity contribution in [2.75, 3.05) is 0 Å². The van der Waals surface area contributed by atoms with Gasteiger partial charge in [0, 0.05) is 51.2 Å². The fraction of sp³-hybridized carbons (Fsp3) is 0.160. The van der Waals surface area contributed by atoms with E-state index in [2.05, 4.69) is 10.3 Å². The highest BCUT2D eigenvalue weighted by Gasteiger charge is 2.20. The van der Waals surface area contributed by atoms with E-state index in [1.54, 1.807) is 18.2 Å². The van der Waals surface area contributed by atoms with Gasteiger partial charge in [0.15, 0.2) is 0 Å². The number of rotatable bonds is 9. The number of aromatic nitrogens is 1. The number of aromatic amines is 1. The van der Waals surface area contributed by atoms with Crippen molar-refractivity contribution in [3.63, 3.8) is 0 Å². The van der Waals surface area contributed by atoms with Gasteiger partial charge in [-0.3, -0.25) is 10.1 Å². The molecule has 7 heteroatoms. The largest absolute Gasteiger partial charge is 0.488 e. The van der Waals surface area contributed by atoms with Crippen molar-refractivity contribution in [3.8, 4) is 5.75 Å². The Morgan fingerprint density at radius 2 is 1.69 bits per heavy atom. The molecular formula is C25H22Cl2N2O3. The molecule has 0 aliphatic carbocycles. The quantitative estimate of drug-likeness (QED) is 0.288.